The lowest BCUT2D eigenvalue weighted by Gasteiger charge is -2.23. The van der Waals surface area contributed by atoms with Crippen molar-refractivity contribution in [3.63, 3.8) is 0 Å². The predicted octanol–water partition coefficient (Wildman–Crippen LogP) is 3.89. The van der Waals surface area contributed by atoms with E-state index in [2.05, 4.69) is 37.5 Å². The molecule has 0 bridgehead atoms. The highest BCUT2D eigenvalue weighted by molar-refractivity contribution is 5.81. The summed E-state index contributed by atoms with van der Waals surface area (Å²) in [6.45, 7) is 7.04. The number of hydrogen-bond donors (Lipinski definition) is 2. The summed E-state index contributed by atoms with van der Waals surface area (Å²) >= 11 is 0. The van der Waals surface area contributed by atoms with Gasteiger partial charge in [-0.25, -0.2) is 4.39 Å². The third-order valence-electron chi connectivity index (χ3n) is 3.85. The van der Waals surface area contributed by atoms with E-state index < -0.39 is 0 Å². The molecular weight excluding hydrogens is 303 g/mol. The quantitative estimate of drug-likeness (QED) is 0.844. The molecule has 0 unspecified atom stereocenters. The van der Waals surface area contributed by atoms with Gasteiger partial charge in [-0.2, -0.15) is 0 Å². The van der Waals surface area contributed by atoms with Crippen molar-refractivity contribution in [1.82, 2.24) is 5.32 Å². The van der Waals surface area contributed by atoms with Crippen LogP contribution in [0.1, 0.15) is 31.9 Å². The molecule has 0 radical (unpaired) electrons. The van der Waals surface area contributed by atoms with Gasteiger partial charge in [0.25, 0.3) is 0 Å². The summed E-state index contributed by atoms with van der Waals surface area (Å²) in [4.78, 5) is 12.0. The van der Waals surface area contributed by atoms with Crippen molar-refractivity contribution >= 4 is 11.6 Å². The summed E-state index contributed by atoms with van der Waals surface area (Å²) < 4.78 is 13.5. The Labute approximate surface area is 143 Å². The molecule has 128 valence electrons. The topological polar surface area (TPSA) is 41.1 Å². The maximum atomic E-state index is 13.5. The van der Waals surface area contributed by atoms with Crippen molar-refractivity contribution in [2.24, 2.45) is 0 Å². The second-order valence-electron chi connectivity index (χ2n) is 6.84. The van der Waals surface area contributed by atoms with E-state index in [9.17, 15) is 9.18 Å². The van der Waals surface area contributed by atoms with Crippen LogP contribution in [0, 0.1) is 5.82 Å². The molecule has 0 heterocycles. The molecular formula is C20H25FN2O. The van der Waals surface area contributed by atoms with Crippen LogP contribution < -0.4 is 10.6 Å². The lowest BCUT2D eigenvalue weighted by molar-refractivity contribution is -0.119. The van der Waals surface area contributed by atoms with Crippen molar-refractivity contribution in [1.29, 1.82) is 0 Å². The van der Waals surface area contributed by atoms with Crippen LogP contribution >= 0.6 is 0 Å². The fourth-order valence-corrected chi connectivity index (χ4v) is 2.57. The normalized spacial score (nSPS) is 11.2. The molecule has 24 heavy (non-hydrogen) atoms. The van der Waals surface area contributed by atoms with E-state index >= 15 is 0 Å². The molecule has 0 aliphatic rings. The van der Waals surface area contributed by atoms with Gasteiger partial charge in [0, 0.05) is 12.2 Å². The zero-order chi connectivity index (χ0) is 17.6. The van der Waals surface area contributed by atoms with Gasteiger partial charge in [0.1, 0.15) is 5.82 Å². The van der Waals surface area contributed by atoms with E-state index in [0.717, 1.165) is 5.69 Å². The summed E-state index contributed by atoms with van der Waals surface area (Å²) in [7, 11) is 0. The van der Waals surface area contributed by atoms with Gasteiger partial charge in [0.2, 0.25) is 5.91 Å². The van der Waals surface area contributed by atoms with Crippen molar-refractivity contribution in [2.45, 2.75) is 32.6 Å². The van der Waals surface area contributed by atoms with Crippen molar-refractivity contribution in [3.8, 4) is 0 Å². The SMILES string of the molecule is CC(C)(C)c1ccccc1NCC(=O)NCCc1ccccc1F. The van der Waals surface area contributed by atoms with Gasteiger partial charge in [0.05, 0.1) is 6.54 Å². The number of carbonyl (C=O) groups excluding carboxylic acids is 1. The Hall–Kier alpha value is -2.36. The second-order valence-corrected chi connectivity index (χ2v) is 6.84. The Morgan fingerprint density at radius 1 is 1.04 bits per heavy atom. The largest absolute Gasteiger partial charge is 0.376 e. The van der Waals surface area contributed by atoms with E-state index in [4.69, 9.17) is 0 Å². The molecule has 0 aromatic heterocycles. The van der Waals surface area contributed by atoms with Crippen LogP contribution in [0.5, 0.6) is 0 Å². The lowest BCUT2D eigenvalue weighted by Crippen LogP contribution is -2.32. The molecule has 0 atom stereocenters. The van der Waals surface area contributed by atoms with Gasteiger partial charge in [0.15, 0.2) is 0 Å². The first kappa shape index (κ1) is 18.0. The first-order valence-corrected chi connectivity index (χ1v) is 8.21. The molecule has 2 aromatic carbocycles. The second kappa shape index (κ2) is 7.95. The van der Waals surface area contributed by atoms with Crippen LogP contribution in [-0.2, 0) is 16.6 Å². The van der Waals surface area contributed by atoms with Gasteiger partial charge in [-0.05, 0) is 35.1 Å². The molecule has 0 aliphatic heterocycles. The Bertz CT molecular complexity index is 692. The zero-order valence-electron chi connectivity index (χ0n) is 14.5. The number of anilines is 1. The molecule has 0 fully saturated rings. The number of benzene rings is 2. The number of amides is 1. The Kier molecular flexibility index (Phi) is 5.96. The maximum Gasteiger partial charge on any atom is 0.239 e. The number of nitrogens with one attached hydrogen (secondary N) is 2. The number of hydrogen-bond acceptors (Lipinski definition) is 2. The van der Waals surface area contributed by atoms with Crippen molar-refractivity contribution in [2.75, 3.05) is 18.4 Å². The fourth-order valence-electron chi connectivity index (χ4n) is 2.57. The van der Waals surface area contributed by atoms with Crippen LogP contribution in [0.25, 0.3) is 0 Å². The Balaban J connectivity index is 1.83. The fraction of sp³-hybridized carbons (Fsp3) is 0.350. The summed E-state index contributed by atoms with van der Waals surface area (Å²) in [6.07, 6.45) is 0.483. The lowest BCUT2D eigenvalue weighted by atomic mass is 9.86. The molecule has 2 N–H and O–H groups in total. The number of halogens is 1. The van der Waals surface area contributed by atoms with Crippen LogP contribution in [0.2, 0.25) is 0 Å². The van der Waals surface area contributed by atoms with Gasteiger partial charge < -0.3 is 10.6 Å². The Morgan fingerprint density at radius 2 is 1.71 bits per heavy atom. The zero-order valence-corrected chi connectivity index (χ0v) is 14.5. The average molecular weight is 328 g/mol. The molecule has 3 nitrogen and oxygen atoms in total. The minimum atomic E-state index is -0.232. The van der Waals surface area contributed by atoms with E-state index in [1.807, 2.05) is 18.2 Å². The van der Waals surface area contributed by atoms with E-state index in [-0.39, 0.29) is 23.7 Å². The summed E-state index contributed by atoms with van der Waals surface area (Å²) in [5, 5.41) is 6.01. The highest BCUT2D eigenvalue weighted by atomic mass is 19.1. The Morgan fingerprint density at radius 3 is 2.42 bits per heavy atom. The number of para-hydroxylation sites is 1. The van der Waals surface area contributed by atoms with E-state index in [0.29, 0.717) is 18.5 Å². The molecule has 0 saturated carbocycles. The average Bonchev–Trinajstić information content (AvgIpc) is 2.54. The first-order valence-electron chi connectivity index (χ1n) is 8.21. The molecule has 0 saturated heterocycles. The highest BCUT2D eigenvalue weighted by Crippen LogP contribution is 2.28. The third kappa shape index (κ3) is 5.08. The third-order valence-corrected chi connectivity index (χ3v) is 3.85. The molecule has 2 aromatic rings. The summed E-state index contributed by atoms with van der Waals surface area (Å²) in [5.74, 6) is -0.334. The summed E-state index contributed by atoms with van der Waals surface area (Å²) in [6, 6.07) is 14.6. The molecule has 2 rings (SSSR count). The van der Waals surface area contributed by atoms with Crippen LogP contribution in [0.15, 0.2) is 48.5 Å². The smallest absolute Gasteiger partial charge is 0.239 e. The molecule has 4 heteroatoms. The van der Waals surface area contributed by atoms with Gasteiger partial charge in [-0.15, -0.1) is 0 Å². The molecule has 1 amide bonds. The maximum absolute atomic E-state index is 13.5. The monoisotopic (exact) mass is 328 g/mol. The standard InChI is InChI=1S/C20H25FN2O/c1-20(2,3)16-9-5-7-11-18(16)23-14-19(24)22-13-12-15-8-4-6-10-17(15)21/h4-11,23H,12-14H2,1-3H3,(H,22,24). The van der Waals surface area contributed by atoms with Gasteiger partial charge in [-0.1, -0.05) is 57.2 Å². The van der Waals surface area contributed by atoms with Gasteiger partial charge in [-0.3, -0.25) is 4.79 Å². The highest BCUT2D eigenvalue weighted by Gasteiger charge is 2.17. The van der Waals surface area contributed by atoms with Crippen LogP contribution in [0.4, 0.5) is 10.1 Å². The molecule has 0 aliphatic carbocycles. The van der Waals surface area contributed by atoms with E-state index in [1.165, 1.54) is 11.6 Å². The van der Waals surface area contributed by atoms with E-state index in [1.54, 1.807) is 18.2 Å². The summed E-state index contributed by atoms with van der Waals surface area (Å²) in [5.41, 5.74) is 2.76. The van der Waals surface area contributed by atoms with Crippen LogP contribution in [0.3, 0.4) is 0 Å². The number of rotatable bonds is 6. The minimum absolute atomic E-state index is 0.00487. The van der Waals surface area contributed by atoms with Crippen molar-refractivity contribution < 1.29 is 9.18 Å². The van der Waals surface area contributed by atoms with Crippen LogP contribution in [-0.4, -0.2) is 19.0 Å². The number of carbonyl (C=O) groups is 1. The predicted molar refractivity (Wildman–Crippen MR) is 96.7 cm³/mol. The van der Waals surface area contributed by atoms with Crippen molar-refractivity contribution in [3.05, 3.63) is 65.5 Å². The minimum Gasteiger partial charge on any atom is -0.376 e. The van der Waals surface area contributed by atoms with Gasteiger partial charge >= 0.3 is 0 Å². The first-order chi connectivity index (χ1) is 11.4. The molecule has 0 spiro atoms.